The Morgan fingerprint density at radius 3 is 2.16 bits per heavy atom. The number of carbonyl (C=O) groups is 1. The monoisotopic (exact) mass is 345 g/mol. The molecule has 1 amide bonds. The van der Waals surface area contributed by atoms with Crippen LogP contribution in [0.4, 0.5) is 0 Å². The Labute approximate surface area is 147 Å². The van der Waals surface area contributed by atoms with Crippen molar-refractivity contribution in [1.82, 2.24) is 5.32 Å². The highest BCUT2D eigenvalue weighted by Crippen LogP contribution is 2.27. The smallest absolute Gasteiger partial charge is 0.258 e. The fraction of sp³-hybridized carbons (Fsp3) is 0.316. The molecule has 6 heteroatoms. The number of para-hydroxylation sites is 3. The summed E-state index contributed by atoms with van der Waals surface area (Å²) in [5.74, 6) is 1.57. The third kappa shape index (κ3) is 5.12. The zero-order valence-corrected chi connectivity index (χ0v) is 14.7. The molecule has 0 saturated heterocycles. The summed E-state index contributed by atoms with van der Waals surface area (Å²) in [5, 5.41) is 2.81. The van der Waals surface area contributed by atoms with Gasteiger partial charge in [-0.05, 0) is 18.2 Å². The van der Waals surface area contributed by atoms with E-state index in [9.17, 15) is 4.79 Å². The van der Waals surface area contributed by atoms with Gasteiger partial charge in [-0.2, -0.15) is 0 Å². The number of amides is 1. The van der Waals surface area contributed by atoms with Gasteiger partial charge in [-0.15, -0.1) is 0 Å². The van der Waals surface area contributed by atoms with Crippen LogP contribution in [0.1, 0.15) is 11.7 Å². The van der Waals surface area contributed by atoms with Crippen molar-refractivity contribution in [2.24, 2.45) is 0 Å². The lowest BCUT2D eigenvalue weighted by Gasteiger charge is -2.19. The van der Waals surface area contributed by atoms with E-state index >= 15 is 0 Å². The highest BCUT2D eigenvalue weighted by Gasteiger charge is 2.16. The van der Waals surface area contributed by atoms with Crippen LogP contribution in [0.2, 0.25) is 0 Å². The van der Waals surface area contributed by atoms with Crippen LogP contribution in [0.3, 0.4) is 0 Å². The lowest BCUT2D eigenvalue weighted by molar-refractivity contribution is -0.123. The fourth-order valence-corrected chi connectivity index (χ4v) is 2.39. The van der Waals surface area contributed by atoms with Crippen molar-refractivity contribution in [1.29, 1.82) is 0 Å². The van der Waals surface area contributed by atoms with Crippen LogP contribution in [-0.2, 0) is 9.53 Å². The van der Waals surface area contributed by atoms with E-state index in [1.807, 2.05) is 36.4 Å². The van der Waals surface area contributed by atoms with E-state index in [1.165, 1.54) is 0 Å². The zero-order chi connectivity index (χ0) is 18.1. The molecule has 2 aromatic carbocycles. The first-order valence-electron chi connectivity index (χ1n) is 7.87. The first kappa shape index (κ1) is 18.6. The van der Waals surface area contributed by atoms with Crippen LogP contribution >= 0.6 is 0 Å². The third-order valence-electron chi connectivity index (χ3n) is 3.68. The molecule has 0 aliphatic heterocycles. The number of benzene rings is 2. The number of rotatable bonds is 9. The maximum atomic E-state index is 12.1. The number of carbonyl (C=O) groups excluding carboxylic acids is 1. The van der Waals surface area contributed by atoms with Crippen LogP contribution in [0.15, 0.2) is 48.5 Å². The van der Waals surface area contributed by atoms with E-state index in [-0.39, 0.29) is 18.6 Å². The highest BCUT2D eigenvalue weighted by molar-refractivity contribution is 5.77. The summed E-state index contributed by atoms with van der Waals surface area (Å²) < 4.78 is 21.5. The second-order valence-electron chi connectivity index (χ2n) is 5.21. The van der Waals surface area contributed by atoms with Crippen molar-refractivity contribution in [3.63, 3.8) is 0 Å². The molecule has 0 aromatic heterocycles. The molecule has 6 nitrogen and oxygen atoms in total. The predicted octanol–water partition coefficient (Wildman–Crippen LogP) is 2.59. The molecule has 2 rings (SSSR count). The average molecular weight is 345 g/mol. The number of hydrogen-bond acceptors (Lipinski definition) is 5. The molecule has 1 atom stereocenters. The second-order valence-corrected chi connectivity index (χ2v) is 5.21. The van der Waals surface area contributed by atoms with Crippen molar-refractivity contribution in [2.75, 3.05) is 34.5 Å². The van der Waals surface area contributed by atoms with E-state index in [0.29, 0.717) is 23.8 Å². The Kier molecular flexibility index (Phi) is 7.10. The second kappa shape index (κ2) is 9.54. The molecule has 1 N–H and O–H groups in total. The molecular formula is C19H23NO5. The van der Waals surface area contributed by atoms with Gasteiger partial charge in [0.15, 0.2) is 18.1 Å². The Hall–Kier alpha value is -2.73. The lowest BCUT2D eigenvalue weighted by atomic mass is 10.1. The normalized spacial score (nSPS) is 11.5. The van der Waals surface area contributed by atoms with Gasteiger partial charge in [0.25, 0.3) is 5.91 Å². The highest BCUT2D eigenvalue weighted by atomic mass is 16.5. The van der Waals surface area contributed by atoms with Gasteiger partial charge in [0, 0.05) is 19.2 Å². The molecular weight excluding hydrogens is 322 g/mol. The van der Waals surface area contributed by atoms with E-state index in [4.69, 9.17) is 18.9 Å². The topological polar surface area (TPSA) is 66.0 Å². The van der Waals surface area contributed by atoms with Gasteiger partial charge < -0.3 is 24.3 Å². The SMILES string of the molecule is COc1ccccc1OCC(=O)NC[C@H](OC)c1ccccc1OC. The van der Waals surface area contributed by atoms with E-state index in [1.54, 1.807) is 33.5 Å². The van der Waals surface area contributed by atoms with Crippen LogP contribution in [-0.4, -0.2) is 40.4 Å². The Morgan fingerprint density at radius 2 is 1.52 bits per heavy atom. The summed E-state index contributed by atoms with van der Waals surface area (Å²) in [6.45, 7) is 0.202. The van der Waals surface area contributed by atoms with Crippen LogP contribution in [0, 0.1) is 0 Å². The first-order valence-corrected chi connectivity index (χ1v) is 7.87. The van der Waals surface area contributed by atoms with E-state index in [0.717, 1.165) is 5.56 Å². The molecule has 0 radical (unpaired) electrons. The Bertz CT molecular complexity index is 689. The summed E-state index contributed by atoms with van der Waals surface area (Å²) >= 11 is 0. The van der Waals surface area contributed by atoms with Crippen LogP contribution in [0.25, 0.3) is 0 Å². The van der Waals surface area contributed by atoms with Gasteiger partial charge in [0.1, 0.15) is 11.9 Å². The molecule has 0 bridgehead atoms. The van der Waals surface area contributed by atoms with Crippen molar-refractivity contribution in [3.8, 4) is 17.2 Å². The van der Waals surface area contributed by atoms with Crippen LogP contribution < -0.4 is 19.5 Å². The Morgan fingerprint density at radius 1 is 0.920 bits per heavy atom. The maximum absolute atomic E-state index is 12.1. The van der Waals surface area contributed by atoms with Crippen molar-refractivity contribution in [2.45, 2.75) is 6.10 Å². The quantitative estimate of drug-likeness (QED) is 0.757. The van der Waals surface area contributed by atoms with Gasteiger partial charge in [-0.1, -0.05) is 30.3 Å². The number of ether oxygens (including phenoxy) is 4. The summed E-state index contributed by atoms with van der Waals surface area (Å²) in [6.07, 6.45) is -0.314. The summed E-state index contributed by atoms with van der Waals surface area (Å²) in [7, 11) is 4.75. The average Bonchev–Trinajstić information content (AvgIpc) is 2.67. The minimum atomic E-state index is -0.314. The summed E-state index contributed by atoms with van der Waals surface area (Å²) in [6, 6.07) is 14.7. The van der Waals surface area contributed by atoms with Crippen molar-refractivity contribution in [3.05, 3.63) is 54.1 Å². The Balaban J connectivity index is 1.90. The zero-order valence-electron chi connectivity index (χ0n) is 14.7. The molecule has 0 spiro atoms. The molecule has 0 aliphatic rings. The van der Waals surface area contributed by atoms with Crippen molar-refractivity contribution < 1.29 is 23.7 Å². The third-order valence-corrected chi connectivity index (χ3v) is 3.68. The standard InChI is InChI=1S/C19H23NO5/c1-22-15-9-5-4-8-14(15)18(24-3)12-20-19(21)13-25-17-11-7-6-10-16(17)23-2/h4-11,18H,12-13H2,1-3H3,(H,20,21)/t18-/m0/s1. The molecule has 25 heavy (non-hydrogen) atoms. The molecule has 134 valence electrons. The van der Waals surface area contributed by atoms with E-state index < -0.39 is 0 Å². The van der Waals surface area contributed by atoms with Gasteiger partial charge in [-0.25, -0.2) is 0 Å². The fourth-order valence-electron chi connectivity index (χ4n) is 2.39. The van der Waals surface area contributed by atoms with Crippen molar-refractivity contribution >= 4 is 5.91 Å². The van der Waals surface area contributed by atoms with Gasteiger partial charge in [0.2, 0.25) is 0 Å². The van der Waals surface area contributed by atoms with Gasteiger partial charge >= 0.3 is 0 Å². The predicted molar refractivity (Wildman–Crippen MR) is 94.2 cm³/mol. The van der Waals surface area contributed by atoms with Gasteiger partial charge in [0.05, 0.1) is 14.2 Å². The number of nitrogens with one attached hydrogen (secondary N) is 1. The molecule has 0 aliphatic carbocycles. The van der Waals surface area contributed by atoms with Crippen LogP contribution in [0.5, 0.6) is 17.2 Å². The number of hydrogen-bond donors (Lipinski definition) is 1. The molecule has 0 unspecified atom stereocenters. The summed E-state index contributed by atoms with van der Waals surface area (Å²) in [5.41, 5.74) is 0.874. The minimum absolute atomic E-state index is 0.108. The minimum Gasteiger partial charge on any atom is -0.496 e. The summed E-state index contributed by atoms with van der Waals surface area (Å²) in [4.78, 5) is 12.1. The van der Waals surface area contributed by atoms with E-state index in [2.05, 4.69) is 5.32 Å². The maximum Gasteiger partial charge on any atom is 0.258 e. The largest absolute Gasteiger partial charge is 0.496 e. The van der Waals surface area contributed by atoms with Gasteiger partial charge in [-0.3, -0.25) is 4.79 Å². The lowest BCUT2D eigenvalue weighted by Crippen LogP contribution is -2.33. The molecule has 0 fully saturated rings. The molecule has 2 aromatic rings. The first-order chi connectivity index (χ1) is 12.2. The number of methoxy groups -OCH3 is 3. The molecule has 0 saturated carbocycles. The molecule has 0 heterocycles.